The number of likely N-dealkylation sites (N-methyl/N-ethyl adjacent to an activating group) is 1. The monoisotopic (exact) mass is 244 g/mol. The Labute approximate surface area is 101 Å². The topological polar surface area (TPSA) is 15.3 Å². The van der Waals surface area contributed by atoms with Crippen LogP contribution in [0.25, 0.3) is 0 Å². The van der Waals surface area contributed by atoms with Gasteiger partial charge in [0, 0.05) is 24.7 Å². The molecule has 2 nitrogen and oxygen atoms in total. The van der Waals surface area contributed by atoms with Gasteiger partial charge in [0.15, 0.2) is 0 Å². The average Bonchev–Trinajstić information content (AvgIpc) is 2.26. The summed E-state index contributed by atoms with van der Waals surface area (Å²) >= 11 is 5.91. The van der Waals surface area contributed by atoms with Gasteiger partial charge in [-0.2, -0.15) is 0 Å². The van der Waals surface area contributed by atoms with Crippen molar-refractivity contribution in [3.63, 3.8) is 0 Å². The van der Waals surface area contributed by atoms with E-state index in [-0.39, 0.29) is 5.82 Å². The fourth-order valence-corrected chi connectivity index (χ4v) is 1.55. The zero-order chi connectivity index (χ0) is 12.0. The molecule has 0 amide bonds. The number of hydrogen-bond donors (Lipinski definition) is 1. The molecule has 0 aliphatic carbocycles. The second-order valence-corrected chi connectivity index (χ2v) is 4.22. The van der Waals surface area contributed by atoms with Crippen molar-refractivity contribution >= 4 is 11.6 Å². The Morgan fingerprint density at radius 3 is 2.81 bits per heavy atom. The minimum absolute atomic E-state index is 0.292. The highest BCUT2D eigenvalue weighted by Crippen LogP contribution is 2.16. The predicted molar refractivity (Wildman–Crippen MR) is 66.3 cm³/mol. The van der Waals surface area contributed by atoms with Crippen molar-refractivity contribution in [3.05, 3.63) is 34.6 Å². The summed E-state index contributed by atoms with van der Waals surface area (Å²) in [6, 6.07) is 4.49. The van der Waals surface area contributed by atoms with E-state index < -0.39 is 0 Å². The molecule has 0 bridgehead atoms. The van der Waals surface area contributed by atoms with Gasteiger partial charge >= 0.3 is 0 Å². The first-order chi connectivity index (χ1) is 7.63. The molecule has 16 heavy (non-hydrogen) atoms. The minimum Gasteiger partial charge on any atom is -0.311 e. The molecule has 1 aromatic carbocycles. The first-order valence-corrected chi connectivity index (χ1v) is 5.84. The number of benzene rings is 1. The van der Waals surface area contributed by atoms with Crippen molar-refractivity contribution in [2.75, 3.05) is 26.7 Å². The molecule has 0 unspecified atom stereocenters. The Hall–Kier alpha value is -0.640. The van der Waals surface area contributed by atoms with Crippen molar-refractivity contribution in [2.45, 2.75) is 13.5 Å². The molecule has 0 aliphatic heterocycles. The molecule has 0 atom stereocenters. The van der Waals surface area contributed by atoms with Gasteiger partial charge in [0.25, 0.3) is 0 Å². The van der Waals surface area contributed by atoms with E-state index in [1.54, 1.807) is 6.07 Å². The lowest BCUT2D eigenvalue weighted by Crippen LogP contribution is -2.28. The fraction of sp³-hybridized carbons (Fsp3) is 0.500. The van der Waals surface area contributed by atoms with E-state index in [2.05, 4.69) is 24.2 Å². The normalized spacial score (nSPS) is 11.1. The largest absolute Gasteiger partial charge is 0.311 e. The molecule has 4 heteroatoms. The summed E-state index contributed by atoms with van der Waals surface area (Å²) in [6.07, 6.45) is 0. The highest BCUT2D eigenvalue weighted by molar-refractivity contribution is 6.31. The van der Waals surface area contributed by atoms with Gasteiger partial charge in [-0.15, -0.1) is 0 Å². The summed E-state index contributed by atoms with van der Waals surface area (Å²) in [4.78, 5) is 2.22. The predicted octanol–water partition coefficient (Wildman–Crippen LogP) is 2.52. The van der Waals surface area contributed by atoms with Gasteiger partial charge in [0.1, 0.15) is 5.82 Å². The second-order valence-electron chi connectivity index (χ2n) is 3.81. The van der Waals surface area contributed by atoms with Crippen LogP contribution < -0.4 is 5.32 Å². The lowest BCUT2D eigenvalue weighted by molar-refractivity contribution is 0.349. The summed E-state index contributed by atoms with van der Waals surface area (Å²) in [5.74, 6) is -0.292. The quantitative estimate of drug-likeness (QED) is 0.774. The maximum atomic E-state index is 12.8. The maximum absolute atomic E-state index is 12.8. The van der Waals surface area contributed by atoms with Gasteiger partial charge in [-0.05, 0) is 31.3 Å². The van der Waals surface area contributed by atoms with E-state index in [1.165, 1.54) is 12.1 Å². The van der Waals surface area contributed by atoms with Crippen LogP contribution in [0.2, 0.25) is 5.02 Å². The van der Waals surface area contributed by atoms with Crippen molar-refractivity contribution in [1.29, 1.82) is 0 Å². The van der Waals surface area contributed by atoms with Crippen molar-refractivity contribution in [1.82, 2.24) is 10.2 Å². The van der Waals surface area contributed by atoms with Crippen molar-refractivity contribution < 1.29 is 4.39 Å². The molecular weight excluding hydrogens is 227 g/mol. The van der Waals surface area contributed by atoms with Gasteiger partial charge in [0.05, 0.1) is 0 Å². The van der Waals surface area contributed by atoms with Gasteiger partial charge in [-0.25, -0.2) is 4.39 Å². The third-order valence-electron chi connectivity index (χ3n) is 2.54. The molecule has 0 aliphatic rings. The molecule has 0 saturated heterocycles. The summed E-state index contributed by atoms with van der Waals surface area (Å²) in [7, 11) is 2.08. The van der Waals surface area contributed by atoms with Crippen LogP contribution in [0.3, 0.4) is 0 Å². The van der Waals surface area contributed by atoms with Gasteiger partial charge in [0.2, 0.25) is 0 Å². The van der Waals surface area contributed by atoms with Crippen LogP contribution in [-0.4, -0.2) is 31.6 Å². The van der Waals surface area contributed by atoms with Crippen LogP contribution >= 0.6 is 11.6 Å². The highest BCUT2D eigenvalue weighted by Gasteiger charge is 2.01. The Balaban J connectivity index is 2.32. The molecular formula is C12H18ClFN2. The first kappa shape index (κ1) is 13.4. The Morgan fingerprint density at radius 1 is 1.44 bits per heavy atom. The van der Waals surface area contributed by atoms with Crippen molar-refractivity contribution in [2.24, 2.45) is 0 Å². The van der Waals surface area contributed by atoms with E-state index in [1.807, 2.05) is 0 Å². The maximum Gasteiger partial charge on any atom is 0.124 e. The summed E-state index contributed by atoms with van der Waals surface area (Å²) in [5, 5.41) is 3.76. The molecule has 0 saturated carbocycles. The average molecular weight is 245 g/mol. The first-order valence-electron chi connectivity index (χ1n) is 5.46. The van der Waals surface area contributed by atoms with E-state index in [9.17, 15) is 4.39 Å². The zero-order valence-electron chi connectivity index (χ0n) is 9.76. The molecule has 0 fully saturated rings. The molecule has 90 valence electrons. The lowest BCUT2D eigenvalue weighted by atomic mass is 10.2. The number of nitrogens with one attached hydrogen (secondary N) is 1. The second kappa shape index (κ2) is 6.84. The van der Waals surface area contributed by atoms with Gasteiger partial charge in [-0.1, -0.05) is 24.6 Å². The molecule has 0 spiro atoms. The third-order valence-corrected chi connectivity index (χ3v) is 2.89. The Morgan fingerprint density at radius 2 is 2.19 bits per heavy atom. The summed E-state index contributed by atoms with van der Waals surface area (Å²) < 4.78 is 12.8. The summed E-state index contributed by atoms with van der Waals surface area (Å²) in [6.45, 7) is 5.74. The standard InChI is InChI=1S/C12H18ClFN2/c1-3-16(2)7-6-15-9-10-4-5-11(14)8-12(10)13/h4-5,8,15H,3,6-7,9H2,1-2H3. The van der Waals surface area contributed by atoms with Gasteiger partial charge < -0.3 is 10.2 Å². The van der Waals surface area contributed by atoms with Crippen LogP contribution in [-0.2, 0) is 6.54 Å². The lowest BCUT2D eigenvalue weighted by Gasteiger charge is -2.14. The Bertz CT molecular complexity index is 331. The molecule has 1 aromatic rings. The van der Waals surface area contributed by atoms with E-state index in [4.69, 9.17) is 11.6 Å². The molecule has 0 radical (unpaired) electrons. The van der Waals surface area contributed by atoms with Crippen LogP contribution in [0.15, 0.2) is 18.2 Å². The molecule has 1 N–H and O–H groups in total. The number of nitrogens with zero attached hydrogens (tertiary/aromatic N) is 1. The van der Waals surface area contributed by atoms with E-state index in [0.29, 0.717) is 11.6 Å². The molecule has 1 rings (SSSR count). The van der Waals surface area contributed by atoms with Crippen LogP contribution in [0, 0.1) is 5.82 Å². The third kappa shape index (κ3) is 4.47. The zero-order valence-corrected chi connectivity index (χ0v) is 10.5. The number of hydrogen-bond acceptors (Lipinski definition) is 2. The molecule has 0 heterocycles. The van der Waals surface area contributed by atoms with Crippen LogP contribution in [0.4, 0.5) is 4.39 Å². The Kier molecular flexibility index (Phi) is 5.74. The minimum atomic E-state index is -0.292. The SMILES string of the molecule is CCN(C)CCNCc1ccc(F)cc1Cl. The van der Waals surface area contributed by atoms with Crippen LogP contribution in [0.5, 0.6) is 0 Å². The smallest absolute Gasteiger partial charge is 0.124 e. The van der Waals surface area contributed by atoms with E-state index in [0.717, 1.165) is 25.2 Å². The van der Waals surface area contributed by atoms with Crippen molar-refractivity contribution in [3.8, 4) is 0 Å². The number of rotatable bonds is 6. The van der Waals surface area contributed by atoms with E-state index >= 15 is 0 Å². The summed E-state index contributed by atoms with van der Waals surface area (Å²) in [5.41, 5.74) is 0.933. The molecule has 0 aromatic heterocycles. The highest BCUT2D eigenvalue weighted by atomic mass is 35.5. The fourth-order valence-electron chi connectivity index (χ4n) is 1.32. The van der Waals surface area contributed by atoms with Gasteiger partial charge in [-0.3, -0.25) is 0 Å². The number of halogens is 2. The van der Waals surface area contributed by atoms with Crippen LogP contribution in [0.1, 0.15) is 12.5 Å².